The molecule has 1 aromatic rings. The zero-order valence-corrected chi connectivity index (χ0v) is 15.2. The van der Waals surface area contributed by atoms with Crippen molar-refractivity contribution in [3.63, 3.8) is 0 Å². The molecular weight excluding hydrogens is 350 g/mol. The van der Waals surface area contributed by atoms with E-state index < -0.39 is 10.0 Å². The van der Waals surface area contributed by atoms with E-state index in [1.54, 1.807) is 23.2 Å². The Labute approximate surface area is 146 Å². The van der Waals surface area contributed by atoms with Gasteiger partial charge in [0.25, 0.3) is 5.91 Å². The number of hydrogen-bond donors (Lipinski definition) is 0. The van der Waals surface area contributed by atoms with Crippen LogP contribution in [0.3, 0.4) is 0 Å². The van der Waals surface area contributed by atoms with Crippen LogP contribution in [0.25, 0.3) is 0 Å². The zero-order chi connectivity index (χ0) is 17.2. The highest BCUT2D eigenvalue weighted by Crippen LogP contribution is 2.22. The molecule has 1 aromatic heterocycles. The largest absolute Gasteiger partial charge is 0.473 e. The lowest BCUT2D eigenvalue weighted by atomic mass is 10.2. The minimum atomic E-state index is -3.20. The molecule has 2 aliphatic heterocycles. The second-order valence-electron chi connectivity index (χ2n) is 5.94. The van der Waals surface area contributed by atoms with E-state index in [0.717, 1.165) is 17.9 Å². The molecule has 0 aromatic carbocycles. The van der Waals surface area contributed by atoms with Crippen molar-refractivity contribution in [1.29, 1.82) is 0 Å². The third-order valence-electron chi connectivity index (χ3n) is 4.15. The van der Waals surface area contributed by atoms with E-state index in [9.17, 15) is 13.2 Å². The van der Waals surface area contributed by atoms with Gasteiger partial charge in [-0.25, -0.2) is 13.4 Å². The number of ether oxygens (including phenoxy) is 1. The van der Waals surface area contributed by atoms with E-state index in [1.807, 2.05) is 11.8 Å². The van der Waals surface area contributed by atoms with Gasteiger partial charge in [0.05, 0.1) is 6.26 Å². The lowest BCUT2D eigenvalue weighted by molar-refractivity contribution is 0.0697. The van der Waals surface area contributed by atoms with Crippen LogP contribution in [0.4, 0.5) is 0 Å². The molecule has 3 heterocycles. The maximum absolute atomic E-state index is 12.6. The van der Waals surface area contributed by atoms with Gasteiger partial charge in [-0.2, -0.15) is 16.1 Å². The molecule has 1 atom stereocenters. The van der Waals surface area contributed by atoms with Gasteiger partial charge in [0.15, 0.2) is 0 Å². The monoisotopic (exact) mass is 371 g/mol. The minimum absolute atomic E-state index is 0.115. The van der Waals surface area contributed by atoms with Crippen molar-refractivity contribution in [3.8, 4) is 5.88 Å². The lowest BCUT2D eigenvalue weighted by Gasteiger charge is -2.33. The van der Waals surface area contributed by atoms with Gasteiger partial charge in [0.1, 0.15) is 6.10 Å². The van der Waals surface area contributed by atoms with Gasteiger partial charge >= 0.3 is 0 Å². The quantitative estimate of drug-likeness (QED) is 0.775. The zero-order valence-electron chi connectivity index (χ0n) is 13.6. The van der Waals surface area contributed by atoms with E-state index in [2.05, 4.69) is 4.98 Å². The van der Waals surface area contributed by atoms with Crippen LogP contribution < -0.4 is 4.74 Å². The number of pyridine rings is 1. The molecule has 0 saturated carbocycles. The summed E-state index contributed by atoms with van der Waals surface area (Å²) in [6.07, 6.45) is 3.93. The highest BCUT2D eigenvalue weighted by atomic mass is 32.2. The Kier molecular flexibility index (Phi) is 5.31. The Morgan fingerprint density at radius 3 is 2.71 bits per heavy atom. The molecule has 132 valence electrons. The Hall–Kier alpha value is -1.32. The molecule has 9 heteroatoms. The maximum Gasteiger partial charge on any atom is 0.254 e. The van der Waals surface area contributed by atoms with Crippen molar-refractivity contribution in [3.05, 3.63) is 23.9 Å². The van der Waals surface area contributed by atoms with Crippen LogP contribution in [0.1, 0.15) is 16.8 Å². The fourth-order valence-electron chi connectivity index (χ4n) is 2.79. The Morgan fingerprint density at radius 1 is 1.33 bits per heavy atom. The molecule has 0 radical (unpaired) electrons. The number of rotatable bonds is 4. The fraction of sp³-hybridized carbons (Fsp3) is 0.600. The normalized spacial score (nSPS) is 22.5. The number of carbonyl (C=O) groups is 1. The average molecular weight is 371 g/mol. The number of sulfonamides is 1. The van der Waals surface area contributed by atoms with E-state index in [-0.39, 0.29) is 12.0 Å². The fourth-order valence-corrected chi connectivity index (χ4v) is 4.71. The topological polar surface area (TPSA) is 79.8 Å². The summed E-state index contributed by atoms with van der Waals surface area (Å²) in [5, 5.41) is 0. The number of hydrogen-bond acceptors (Lipinski definition) is 6. The predicted molar refractivity (Wildman–Crippen MR) is 92.9 cm³/mol. The van der Waals surface area contributed by atoms with Gasteiger partial charge in [-0.3, -0.25) is 4.79 Å². The summed E-state index contributed by atoms with van der Waals surface area (Å²) < 4.78 is 30.3. The van der Waals surface area contributed by atoms with E-state index in [0.29, 0.717) is 37.6 Å². The first-order chi connectivity index (χ1) is 11.4. The SMILES string of the molecule is CS(=O)(=O)N1CCN(C(=O)c2ccnc(OC3CCSC3)c2)CC1. The first kappa shape index (κ1) is 17.5. The number of nitrogens with zero attached hydrogens (tertiary/aromatic N) is 3. The van der Waals surface area contributed by atoms with Crippen molar-refractivity contribution in [1.82, 2.24) is 14.2 Å². The van der Waals surface area contributed by atoms with Crippen LogP contribution in [-0.4, -0.2) is 78.6 Å². The lowest BCUT2D eigenvalue weighted by Crippen LogP contribution is -2.50. The molecule has 7 nitrogen and oxygen atoms in total. The molecule has 2 fully saturated rings. The summed E-state index contributed by atoms with van der Waals surface area (Å²) in [4.78, 5) is 18.5. The van der Waals surface area contributed by atoms with Crippen LogP contribution in [0.2, 0.25) is 0 Å². The Bertz CT molecular complexity index is 696. The van der Waals surface area contributed by atoms with Crippen molar-refractivity contribution >= 4 is 27.7 Å². The summed E-state index contributed by atoms with van der Waals surface area (Å²) in [7, 11) is -3.20. The minimum Gasteiger partial charge on any atom is -0.473 e. The Morgan fingerprint density at radius 2 is 2.08 bits per heavy atom. The Balaban J connectivity index is 1.63. The van der Waals surface area contributed by atoms with Gasteiger partial charge in [-0.1, -0.05) is 0 Å². The molecule has 0 spiro atoms. The van der Waals surface area contributed by atoms with Crippen molar-refractivity contribution in [2.75, 3.05) is 43.9 Å². The van der Waals surface area contributed by atoms with Crippen LogP contribution in [-0.2, 0) is 10.0 Å². The van der Waals surface area contributed by atoms with Gasteiger partial charge in [0.2, 0.25) is 15.9 Å². The second kappa shape index (κ2) is 7.28. The number of thioether (sulfide) groups is 1. The van der Waals surface area contributed by atoms with Gasteiger partial charge in [-0.15, -0.1) is 0 Å². The second-order valence-corrected chi connectivity index (χ2v) is 9.07. The summed E-state index contributed by atoms with van der Waals surface area (Å²) in [6.45, 7) is 1.45. The number of piperazine rings is 1. The molecule has 2 aliphatic rings. The molecule has 2 saturated heterocycles. The van der Waals surface area contributed by atoms with Crippen LogP contribution in [0.5, 0.6) is 5.88 Å². The van der Waals surface area contributed by atoms with Gasteiger partial charge in [-0.05, 0) is 18.2 Å². The highest BCUT2D eigenvalue weighted by Gasteiger charge is 2.27. The average Bonchev–Trinajstić information content (AvgIpc) is 3.07. The molecule has 1 amide bonds. The van der Waals surface area contributed by atoms with E-state index in [4.69, 9.17) is 4.74 Å². The third-order valence-corrected chi connectivity index (χ3v) is 6.59. The van der Waals surface area contributed by atoms with Gasteiger partial charge < -0.3 is 9.64 Å². The van der Waals surface area contributed by atoms with Gasteiger partial charge in [0, 0.05) is 49.8 Å². The number of carbonyl (C=O) groups excluding carboxylic acids is 1. The standard InChI is InChI=1S/C15H21N3O4S2/c1-24(20,21)18-7-5-17(6-8-18)15(19)12-2-4-16-14(10-12)22-13-3-9-23-11-13/h2,4,10,13H,3,5-9,11H2,1H3. The summed E-state index contributed by atoms with van der Waals surface area (Å²) in [5.41, 5.74) is 0.526. The van der Waals surface area contributed by atoms with Crippen molar-refractivity contribution in [2.45, 2.75) is 12.5 Å². The van der Waals surface area contributed by atoms with Crippen LogP contribution in [0, 0.1) is 0 Å². The summed E-state index contributed by atoms with van der Waals surface area (Å²) in [5.74, 6) is 2.40. The van der Waals surface area contributed by atoms with Crippen molar-refractivity contribution in [2.24, 2.45) is 0 Å². The van der Waals surface area contributed by atoms with E-state index in [1.165, 1.54) is 10.6 Å². The molecule has 1 unspecified atom stereocenters. The molecule has 0 bridgehead atoms. The first-order valence-corrected chi connectivity index (χ1v) is 10.9. The number of aromatic nitrogens is 1. The predicted octanol–water partition coefficient (Wildman–Crippen LogP) is 0.683. The molecular formula is C15H21N3O4S2. The highest BCUT2D eigenvalue weighted by molar-refractivity contribution is 7.99. The third kappa shape index (κ3) is 4.20. The smallest absolute Gasteiger partial charge is 0.254 e. The molecule has 0 N–H and O–H groups in total. The summed E-state index contributed by atoms with van der Waals surface area (Å²) >= 11 is 1.86. The summed E-state index contributed by atoms with van der Waals surface area (Å²) in [6, 6.07) is 3.34. The maximum atomic E-state index is 12.6. The van der Waals surface area contributed by atoms with E-state index >= 15 is 0 Å². The molecule has 0 aliphatic carbocycles. The van der Waals surface area contributed by atoms with Crippen molar-refractivity contribution < 1.29 is 17.9 Å². The molecule has 24 heavy (non-hydrogen) atoms. The van der Waals surface area contributed by atoms with Crippen LogP contribution >= 0.6 is 11.8 Å². The number of amides is 1. The first-order valence-electron chi connectivity index (χ1n) is 7.88. The molecule has 3 rings (SSSR count). The van der Waals surface area contributed by atoms with Crippen LogP contribution in [0.15, 0.2) is 18.3 Å².